The first kappa shape index (κ1) is 14.9. The van der Waals surface area contributed by atoms with E-state index >= 15 is 0 Å². The fourth-order valence-electron chi connectivity index (χ4n) is 2.23. The summed E-state index contributed by atoms with van der Waals surface area (Å²) in [5.41, 5.74) is 2.06. The van der Waals surface area contributed by atoms with Crippen molar-refractivity contribution < 1.29 is 13.6 Å². The number of rotatable bonds is 3. The molecule has 6 heteroatoms. The summed E-state index contributed by atoms with van der Waals surface area (Å²) < 4.78 is 27.7. The zero-order chi connectivity index (χ0) is 16.4. The van der Waals surface area contributed by atoms with E-state index in [2.05, 4.69) is 10.4 Å². The van der Waals surface area contributed by atoms with E-state index in [9.17, 15) is 13.6 Å². The molecule has 0 spiro atoms. The highest BCUT2D eigenvalue weighted by Crippen LogP contribution is 2.20. The Labute approximate surface area is 131 Å². The molecule has 0 saturated heterocycles. The van der Waals surface area contributed by atoms with Crippen LogP contribution in [0.5, 0.6) is 0 Å². The largest absolute Gasteiger partial charge is 0.320 e. The molecule has 0 aliphatic heterocycles. The highest BCUT2D eigenvalue weighted by molar-refractivity contribution is 6.03. The summed E-state index contributed by atoms with van der Waals surface area (Å²) in [5, 5.41) is 6.66. The van der Waals surface area contributed by atoms with Crippen LogP contribution < -0.4 is 5.32 Å². The maximum absolute atomic E-state index is 13.2. The van der Waals surface area contributed by atoms with Gasteiger partial charge in [-0.05, 0) is 23.8 Å². The first-order valence-electron chi connectivity index (χ1n) is 6.90. The molecular formula is C17H13F2N3O. The van der Waals surface area contributed by atoms with Crippen LogP contribution in [-0.4, -0.2) is 15.7 Å². The van der Waals surface area contributed by atoms with Crippen molar-refractivity contribution in [1.82, 2.24) is 9.78 Å². The molecular weight excluding hydrogens is 300 g/mol. The number of anilines is 1. The molecule has 3 rings (SSSR count). The van der Waals surface area contributed by atoms with Crippen LogP contribution in [0.15, 0.2) is 54.6 Å². The van der Waals surface area contributed by atoms with Gasteiger partial charge in [0.05, 0.1) is 5.69 Å². The molecule has 2 aromatic carbocycles. The Kier molecular flexibility index (Phi) is 3.89. The number of halogens is 2. The Morgan fingerprint density at radius 2 is 1.78 bits per heavy atom. The lowest BCUT2D eigenvalue weighted by Gasteiger charge is -2.03. The zero-order valence-corrected chi connectivity index (χ0v) is 12.3. The molecule has 0 bridgehead atoms. The molecule has 0 radical (unpaired) electrons. The fraction of sp³-hybridized carbons (Fsp3) is 0.0588. The normalized spacial score (nSPS) is 10.6. The van der Waals surface area contributed by atoms with Crippen LogP contribution in [0, 0.1) is 11.6 Å². The summed E-state index contributed by atoms with van der Waals surface area (Å²) in [5.74, 6) is -2.48. The van der Waals surface area contributed by atoms with Gasteiger partial charge in [0, 0.05) is 18.8 Å². The van der Waals surface area contributed by atoms with E-state index in [0.717, 1.165) is 23.4 Å². The van der Waals surface area contributed by atoms with E-state index in [1.54, 1.807) is 17.8 Å². The fourth-order valence-corrected chi connectivity index (χ4v) is 2.23. The van der Waals surface area contributed by atoms with E-state index in [1.165, 1.54) is 6.07 Å². The summed E-state index contributed by atoms with van der Waals surface area (Å²) >= 11 is 0. The average Bonchev–Trinajstić information content (AvgIpc) is 2.94. The minimum absolute atomic E-state index is 0.167. The highest BCUT2D eigenvalue weighted by Gasteiger charge is 2.14. The van der Waals surface area contributed by atoms with Crippen LogP contribution in [0.1, 0.15) is 10.5 Å². The molecule has 0 fully saturated rings. The number of nitrogens with one attached hydrogen (secondary N) is 1. The number of aryl methyl sites for hydroxylation is 1. The van der Waals surface area contributed by atoms with Gasteiger partial charge in [-0.15, -0.1) is 0 Å². The predicted molar refractivity (Wildman–Crippen MR) is 83.0 cm³/mol. The van der Waals surface area contributed by atoms with Crippen molar-refractivity contribution in [1.29, 1.82) is 0 Å². The second-order valence-electron chi connectivity index (χ2n) is 4.99. The molecule has 1 aromatic heterocycles. The van der Waals surface area contributed by atoms with Crippen molar-refractivity contribution in [2.45, 2.75) is 0 Å². The lowest BCUT2D eigenvalue weighted by molar-refractivity contribution is 0.102. The van der Waals surface area contributed by atoms with Crippen LogP contribution in [0.25, 0.3) is 11.3 Å². The Morgan fingerprint density at radius 1 is 1.04 bits per heavy atom. The van der Waals surface area contributed by atoms with E-state index in [-0.39, 0.29) is 11.4 Å². The Hall–Kier alpha value is -3.02. The minimum atomic E-state index is -1.02. The molecule has 1 N–H and O–H groups in total. The van der Waals surface area contributed by atoms with Crippen molar-refractivity contribution in [3.05, 3.63) is 71.9 Å². The summed E-state index contributed by atoms with van der Waals surface area (Å²) in [6.07, 6.45) is 0. The molecule has 23 heavy (non-hydrogen) atoms. The van der Waals surface area contributed by atoms with Crippen LogP contribution in [0.2, 0.25) is 0 Å². The maximum atomic E-state index is 13.2. The van der Waals surface area contributed by atoms with Gasteiger partial charge in [-0.1, -0.05) is 30.3 Å². The number of carbonyl (C=O) groups excluding carboxylic acids is 1. The van der Waals surface area contributed by atoms with Gasteiger partial charge in [-0.3, -0.25) is 9.48 Å². The van der Waals surface area contributed by atoms with Crippen LogP contribution in [-0.2, 0) is 7.05 Å². The Balaban J connectivity index is 1.84. The van der Waals surface area contributed by atoms with Crippen LogP contribution >= 0.6 is 0 Å². The third kappa shape index (κ3) is 3.11. The highest BCUT2D eigenvalue weighted by atomic mass is 19.2. The molecule has 1 heterocycles. The lowest BCUT2D eigenvalue weighted by Crippen LogP contribution is -2.13. The second kappa shape index (κ2) is 6.00. The van der Waals surface area contributed by atoms with Crippen molar-refractivity contribution in [3.63, 3.8) is 0 Å². The smallest absolute Gasteiger partial charge is 0.276 e. The maximum Gasteiger partial charge on any atom is 0.276 e. The third-order valence-corrected chi connectivity index (χ3v) is 3.36. The summed E-state index contributed by atoms with van der Waals surface area (Å²) in [6, 6.07) is 14.3. The van der Waals surface area contributed by atoms with Crippen molar-refractivity contribution in [3.8, 4) is 11.3 Å². The van der Waals surface area contributed by atoms with E-state index in [1.807, 2.05) is 30.3 Å². The molecule has 0 unspecified atom stereocenters. The number of amides is 1. The van der Waals surface area contributed by atoms with Gasteiger partial charge < -0.3 is 5.32 Å². The molecule has 4 nitrogen and oxygen atoms in total. The molecule has 3 aromatic rings. The predicted octanol–water partition coefficient (Wildman–Crippen LogP) is 3.62. The van der Waals surface area contributed by atoms with Gasteiger partial charge in [-0.25, -0.2) is 8.78 Å². The number of hydrogen-bond donors (Lipinski definition) is 1. The van der Waals surface area contributed by atoms with Crippen molar-refractivity contribution in [2.75, 3.05) is 5.32 Å². The second-order valence-corrected chi connectivity index (χ2v) is 4.99. The lowest BCUT2D eigenvalue weighted by atomic mass is 10.1. The zero-order valence-electron chi connectivity index (χ0n) is 12.3. The molecule has 116 valence electrons. The summed E-state index contributed by atoms with van der Waals surface area (Å²) in [6.45, 7) is 0. The minimum Gasteiger partial charge on any atom is -0.320 e. The topological polar surface area (TPSA) is 46.9 Å². The Morgan fingerprint density at radius 3 is 2.48 bits per heavy atom. The molecule has 1 amide bonds. The van der Waals surface area contributed by atoms with E-state index in [4.69, 9.17) is 0 Å². The van der Waals surface area contributed by atoms with Gasteiger partial charge in [-0.2, -0.15) is 5.10 Å². The third-order valence-electron chi connectivity index (χ3n) is 3.36. The molecule has 0 aliphatic carbocycles. The van der Waals surface area contributed by atoms with Crippen LogP contribution in [0.4, 0.5) is 14.5 Å². The number of aromatic nitrogens is 2. The van der Waals surface area contributed by atoms with E-state index in [0.29, 0.717) is 0 Å². The van der Waals surface area contributed by atoms with Gasteiger partial charge >= 0.3 is 0 Å². The monoisotopic (exact) mass is 313 g/mol. The number of nitrogens with zero attached hydrogens (tertiary/aromatic N) is 2. The van der Waals surface area contributed by atoms with Crippen molar-refractivity contribution >= 4 is 11.6 Å². The van der Waals surface area contributed by atoms with Gasteiger partial charge in [0.2, 0.25) is 0 Å². The first-order chi connectivity index (χ1) is 11.0. The van der Waals surface area contributed by atoms with Crippen molar-refractivity contribution in [2.24, 2.45) is 7.05 Å². The van der Waals surface area contributed by atoms with Gasteiger partial charge in [0.25, 0.3) is 5.91 Å². The summed E-state index contributed by atoms with van der Waals surface area (Å²) in [7, 11) is 1.73. The average molecular weight is 313 g/mol. The standard InChI is InChI=1S/C17H13F2N3O/c1-22-16(11-5-3-2-4-6-11)10-15(21-22)17(23)20-12-7-8-13(18)14(19)9-12/h2-10H,1H3,(H,20,23). The SMILES string of the molecule is Cn1nc(C(=O)Nc2ccc(F)c(F)c2)cc1-c1ccccc1. The number of hydrogen-bond acceptors (Lipinski definition) is 2. The van der Waals surface area contributed by atoms with Crippen LogP contribution in [0.3, 0.4) is 0 Å². The van der Waals surface area contributed by atoms with Gasteiger partial charge in [0.15, 0.2) is 17.3 Å². The first-order valence-corrected chi connectivity index (χ1v) is 6.90. The summed E-state index contributed by atoms with van der Waals surface area (Å²) in [4.78, 5) is 12.2. The number of benzene rings is 2. The molecule has 0 aliphatic rings. The molecule has 0 atom stereocenters. The van der Waals surface area contributed by atoms with Gasteiger partial charge in [0.1, 0.15) is 0 Å². The molecule has 0 saturated carbocycles. The van der Waals surface area contributed by atoms with E-state index < -0.39 is 17.5 Å². The quantitative estimate of drug-likeness (QED) is 0.803. The number of carbonyl (C=O) groups is 1. The Bertz CT molecular complexity index is 860.